The van der Waals surface area contributed by atoms with Crippen molar-refractivity contribution in [3.63, 3.8) is 0 Å². The predicted molar refractivity (Wildman–Crippen MR) is 80.6 cm³/mol. The molecule has 3 N–H and O–H groups in total. The fourth-order valence-electron chi connectivity index (χ4n) is 2.34. The van der Waals surface area contributed by atoms with E-state index in [0.717, 1.165) is 25.9 Å². The van der Waals surface area contributed by atoms with Gasteiger partial charge in [0.05, 0.1) is 4.90 Å². The third-order valence-corrected chi connectivity index (χ3v) is 5.08. The number of benzene rings is 1. The minimum absolute atomic E-state index is 0.151. The Labute approximate surface area is 125 Å². The standard InChI is InChI=1S/C14H21N3O3S/c1-15-21(19,20)13-6-4-12(5-7-13)14(18)17-10-11-3-2-8-16-9-11/h4-7,11,15-16H,2-3,8-10H2,1H3,(H,17,18). The number of hydrogen-bond donors (Lipinski definition) is 3. The van der Waals surface area contributed by atoms with Crippen LogP contribution >= 0.6 is 0 Å². The summed E-state index contributed by atoms with van der Waals surface area (Å²) in [5, 5.41) is 6.20. The Bertz CT molecular complexity index is 578. The summed E-state index contributed by atoms with van der Waals surface area (Å²) in [6.07, 6.45) is 2.25. The van der Waals surface area contributed by atoms with Crippen molar-refractivity contribution in [2.45, 2.75) is 17.7 Å². The lowest BCUT2D eigenvalue weighted by Gasteiger charge is -2.22. The monoisotopic (exact) mass is 311 g/mol. The molecule has 1 heterocycles. The van der Waals surface area contributed by atoms with Gasteiger partial charge in [0.2, 0.25) is 10.0 Å². The number of nitrogens with one attached hydrogen (secondary N) is 3. The maximum atomic E-state index is 12.0. The van der Waals surface area contributed by atoms with Gasteiger partial charge in [0.1, 0.15) is 0 Å². The van der Waals surface area contributed by atoms with Gasteiger partial charge < -0.3 is 10.6 Å². The fraction of sp³-hybridized carbons (Fsp3) is 0.500. The largest absolute Gasteiger partial charge is 0.352 e. The Balaban J connectivity index is 1.93. The second kappa shape index (κ2) is 7.02. The van der Waals surface area contributed by atoms with Gasteiger partial charge in [-0.2, -0.15) is 0 Å². The zero-order valence-corrected chi connectivity index (χ0v) is 12.9. The summed E-state index contributed by atoms with van der Waals surface area (Å²) >= 11 is 0. The van der Waals surface area contributed by atoms with E-state index in [0.29, 0.717) is 18.0 Å². The van der Waals surface area contributed by atoms with Gasteiger partial charge in [-0.1, -0.05) is 0 Å². The Kier molecular flexibility index (Phi) is 5.33. The van der Waals surface area contributed by atoms with E-state index in [-0.39, 0.29) is 10.8 Å². The molecule has 0 aromatic heterocycles. The molecule has 1 aliphatic heterocycles. The van der Waals surface area contributed by atoms with Gasteiger partial charge in [0.25, 0.3) is 5.91 Å². The van der Waals surface area contributed by atoms with Gasteiger partial charge in [-0.15, -0.1) is 0 Å². The zero-order valence-electron chi connectivity index (χ0n) is 12.1. The first-order valence-electron chi connectivity index (χ1n) is 7.05. The molecule has 1 fully saturated rings. The van der Waals surface area contributed by atoms with Crippen LogP contribution in [0.2, 0.25) is 0 Å². The molecule has 0 radical (unpaired) electrons. The normalized spacial score (nSPS) is 19.2. The SMILES string of the molecule is CNS(=O)(=O)c1ccc(C(=O)NCC2CCCNC2)cc1. The molecular formula is C14H21N3O3S. The molecular weight excluding hydrogens is 290 g/mol. The van der Waals surface area contributed by atoms with E-state index >= 15 is 0 Å². The van der Waals surface area contributed by atoms with Crippen LogP contribution in [0.1, 0.15) is 23.2 Å². The summed E-state index contributed by atoms with van der Waals surface area (Å²) in [5.41, 5.74) is 0.467. The van der Waals surface area contributed by atoms with Crippen molar-refractivity contribution in [3.05, 3.63) is 29.8 Å². The molecule has 1 aromatic carbocycles. The van der Waals surface area contributed by atoms with E-state index in [1.165, 1.54) is 31.3 Å². The van der Waals surface area contributed by atoms with Crippen LogP contribution in [0.5, 0.6) is 0 Å². The van der Waals surface area contributed by atoms with Crippen molar-refractivity contribution in [2.75, 3.05) is 26.7 Å². The highest BCUT2D eigenvalue weighted by atomic mass is 32.2. The lowest BCUT2D eigenvalue weighted by atomic mass is 10.00. The molecule has 7 heteroatoms. The lowest BCUT2D eigenvalue weighted by Crippen LogP contribution is -2.38. The lowest BCUT2D eigenvalue weighted by molar-refractivity contribution is 0.0944. The molecule has 116 valence electrons. The van der Waals surface area contributed by atoms with Crippen molar-refractivity contribution in [1.82, 2.24) is 15.4 Å². The topological polar surface area (TPSA) is 87.3 Å². The van der Waals surface area contributed by atoms with Crippen LogP contribution in [0, 0.1) is 5.92 Å². The summed E-state index contributed by atoms with van der Waals surface area (Å²) in [6, 6.07) is 5.92. The highest BCUT2D eigenvalue weighted by molar-refractivity contribution is 7.89. The van der Waals surface area contributed by atoms with Crippen molar-refractivity contribution in [1.29, 1.82) is 0 Å². The molecule has 6 nitrogen and oxygen atoms in total. The van der Waals surface area contributed by atoms with Crippen LogP contribution in [0.4, 0.5) is 0 Å². The van der Waals surface area contributed by atoms with Gasteiger partial charge in [0.15, 0.2) is 0 Å². The van der Waals surface area contributed by atoms with Crippen LogP contribution in [0.25, 0.3) is 0 Å². The van der Waals surface area contributed by atoms with E-state index in [4.69, 9.17) is 0 Å². The number of hydrogen-bond acceptors (Lipinski definition) is 4. The number of carbonyl (C=O) groups excluding carboxylic acids is 1. The molecule has 0 aliphatic carbocycles. The molecule has 1 saturated heterocycles. The van der Waals surface area contributed by atoms with Crippen LogP contribution < -0.4 is 15.4 Å². The highest BCUT2D eigenvalue weighted by Crippen LogP contribution is 2.11. The van der Waals surface area contributed by atoms with E-state index < -0.39 is 10.0 Å². The second-order valence-corrected chi connectivity index (χ2v) is 7.04. The molecule has 1 atom stereocenters. The predicted octanol–water partition coefficient (Wildman–Crippen LogP) is 0.324. The average molecular weight is 311 g/mol. The van der Waals surface area contributed by atoms with Gasteiger partial charge in [-0.3, -0.25) is 4.79 Å². The van der Waals surface area contributed by atoms with Crippen molar-refractivity contribution in [2.24, 2.45) is 5.92 Å². The Morgan fingerprint density at radius 2 is 2.05 bits per heavy atom. The maximum Gasteiger partial charge on any atom is 0.251 e. The highest BCUT2D eigenvalue weighted by Gasteiger charge is 2.15. The molecule has 1 unspecified atom stereocenters. The van der Waals surface area contributed by atoms with Crippen molar-refractivity contribution < 1.29 is 13.2 Å². The molecule has 1 aromatic rings. The number of sulfonamides is 1. The first-order valence-corrected chi connectivity index (χ1v) is 8.54. The summed E-state index contributed by atoms with van der Waals surface area (Å²) in [4.78, 5) is 12.2. The minimum Gasteiger partial charge on any atom is -0.352 e. The molecule has 0 saturated carbocycles. The van der Waals surface area contributed by atoms with E-state index in [1.54, 1.807) is 0 Å². The summed E-state index contributed by atoms with van der Waals surface area (Å²) < 4.78 is 25.4. The molecule has 0 bridgehead atoms. The molecule has 2 rings (SSSR count). The van der Waals surface area contributed by atoms with Gasteiger partial charge in [-0.05, 0) is 63.2 Å². The van der Waals surface area contributed by atoms with Crippen LogP contribution in [0.15, 0.2) is 29.2 Å². The van der Waals surface area contributed by atoms with Crippen LogP contribution in [-0.4, -0.2) is 41.0 Å². The van der Waals surface area contributed by atoms with E-state index in [9.17, 15) is 13.2 Å². The number of amides is 1. The molecule has 0 spiro atoms. The summed E-state index contributed by atoms with van der Waals surface area (Å²) in [7, 11) is -2.10. The average Bonchev–Trinajstić information content (AvgIpc) is 2.53. The smallest absolute Gasteiger partial charge is 0.251 e. The fourth-order valence-corrected chi connectivity index (χ4v) is 3.07. The van der Waals surface area contributed by atoms with Crippen molar-refractivity contribution >= 4 is 15.9 Å². The third kappa shape index (κ3) is 4.26. The Morgan fingerprint density at radius 3 is 2.62 bits per heavy atom. The van der Waals surface area contributed by atoms with Crippen LogP contribution in [-0.2, 0) is 10.0 Å². The van der Waals surface area contributed by atoms with Crippen molar-refractivity contribution in [3.8, 4) is 0 Å². The van der Waals surface area contributed by atoms with Gasteiger partial charge >= 0.3 is 0 Å². The second-order valence-electron chi connectivity index (χ2n) is 5.15. The quantitative estimate of drug-likeness (QED) is 0.731. The Morgan fingerprint density at radius 1 is 1.33 bits per heavy atom. The maximum absolute atomic E-state index is 12.0. The first-order chi connectivity index (χ1) is 10.0. The van der Waals surface area contributed by atoms with Gasteiger partial charge in [0, 0.05) is 12.1 Å². The molecule has 21 heavy (non-hydrogen) atoms. The zero-order chi connectivity index (χ0) is 15.3. The minimum atomic E-state index is -3.46. The van der Waals surface area contributed by atoms with Gasteiger partial charge in [-0.25, -0.2) is 13.1 Å². The molecule has 1 aliphatic rings. The number of rotatable bonds is 5. The number of piperidine rings is 1. The molecule has 1 amide bonds. The van der Waals surface area contributed by atoms with E-state index in [1.807, 2.05) is 0 Å². The summed E-state index contributed by atoms with van der Waals surface area (Å²) in [6.45, 7) is 2.62. The first kappa shape index (κ1) is 15.9. The third-order valence-electron chi connectivity index (χ3n) is 3.65. The number of carbonyl (C=O) groups is 1. The van der Waals surface area contributed by atoms with E-state index in [2.05, 4.69) is 15.4 Å². The summed E-state index contributed by atoms with van der Waals surface area (Å²) in [5.74, 6) is 0.292. The van der Waals surface area contributed by atoms with Crippen LogP contribution in [0.3, 0.4) is 0 Å². The Hall–Kier alpha value is -1.44.